The molecule has 0 atom stereocenters. The number of amides is 1. The van der Waals surface area contributed by atoms with Gasteiger partial charge in [0.25, 0.3) is 0 Å². The SMILES string of the molecule is COc1ccc(/C=C\C(=O)Nc2nc3c(OC)ccc(Cl)c3s2)cc1OC. The maximum absolute atomic E-state index is 12.2. The first-order chi connectivity index (χ1) is 13.0. The van der Waals surface area contributed by atoms with Gasteiger partial charge in [0, 0.05) is 6.08 Å². The lowest BCUT2D eigenvalue weighted by Gasteiger charge is -2.07. The van der Waals surface area contributed by atoms with E-state index in [2.05, 4.69) is 10.3 Å². The van der Waals surface area contributed by atoms with Gasteiger partial charge in [-0.3, -0.25) is 10.1 Å². The van der Waals surface area contributed by atoms with Crippen molar-refractivity contribution in [1.82, 2.24) is 4.98 Å². The lowest BCUT2D eigenvalue weighted by atomic mass is 10.2. The van der Waals surface area contributed by atoms with Crippen molar-refractivity contribution in [3.63, 3.8) is 0 Å². The minimum Gasteiger partial charge on any atom is -0.494 e. The zero-order valence-electron chi connectivity index (χ0n) is 14.9. The molecule has 0 aliphatic heterocycles. The molecule has 140 valence electrons. The van der Waals surface area contributed by atoms with Gasteiger partial charge in [0.1, 0.15) is 11.3 Å². The molecule has 27 heavy (non-hydrogen) atoms. The number of fused-ring (bicyclic) bond motifs is 1. The topological polar surface area (TPSA) is 69.7 Å². The third kappa shape index (κ3) is 4.15. The van der Waals surface area contributed by atoms with Gasteiger partial charge in [-0.15, -0.1) is 0 Å². The molecular weight excluding hydrogens is 388 g/mol. The van der Waals surface area contributed by atoms with Crippen LogP contribution in [0.1, 0.15) is 5.56 Å². The third-order valence-electron chi connectivity index (χ3n) is 3.74. The number of thiazole rings is 1. The van der Waals surface area contributed by atoms with E-state index in [9.17, 15) is 4.79 Å². The van der Waals surface area contributed by atoms with Crippen molar-refractivity contribution in [2.45, 2.75) is 0 Å². The maximum Gasteiger partial charge on any atom is 0.250 e. The molecule has 2 aromatic carbocycles. The lowest BCUT2D eigenvalue weighted by Crippen LogP contribution is -2.07. The number of ether oxygens (including phenoxy) is 3. The number of carbonyl (C=O) groups excluding carboxylic acids is 1. The highest BCUT2D eigenvalue weighted by atomic mass is 35.5. The van der Waals surface area contributed by atoms with Crippen molar-refractivity contribution in [1.29, 1.82) is 0 Å². The summed E-state index contributed by atoms with van der Waals surface area (Å²) >= 11 is 7.49. The Hall–Kier alpha value is -2.77. The normalized spacial score (nSPS) is 11.0. The lowest BCUT2D eigenvalue weighted by molar-refractivity contribution is -0.111. The maximum atomic E-state index is 12.2. The van der Waals surface area contributed by atoms with Crippen LogP contribution in [0.5, 0.6) is 17.2 Å². The van der Waals surface area contributed by atoms with Gasteiger partial charge < -0.3 is 14.2 Å². The molecule has 1 N–H and O–H groups in total. The number of benzene rings is 2. The summed E-state index contributed by atoms with van der Waals surface area (Å²) in [6.45, 7) is 0. The second-order valence-electron chi connectivity index (χ2n) is 5.38. The summed E-state index contributed by atoms with van der Waals surface area (Å²) in [6, 6.07) is 8.87. The fourth-order valence-corrected chi connectivity index (χ4v) is 3.60. The summed E-state index contributed by atoms with van der Waals surface area (Å²) in [7, 11) is 4.69. The molecule has 0 fully saturated rings. The Bertz CT molecular complexity index is 1020. The first kappa shape index (κ1) is 19.0. The van der Waals surface area contributed by atoms with Gasteiger partial charge in [-0.25, -0.2) is 4.98 Å². The second-order valence-corrected chi connectivity index (χ2v) is 6.79. The number of hydrogen-bond donors (Lipinski definition) is 1. The molecule has 8 heteroatoms. The van der Waals surface area contributed by atoms with Crippen LogP contribution in [0.2, 0.25) is 5.02 Å². The average Bonchev–Trinajstić information content (AvgIpc) is 3.11. The average molecular weight is 405 g/mol. The quantitative estimate of drug-likeness (QED) is 0.606. The van der Waals surface area contributed by atoms with E-state index in [0.29, 0.717) is 32.9 Å². The van der Waals surface area contributed by atoms with E-state index in [0.717, 1.165) is 10.3 Å². The van der Waals surface area contributed by atoms with Crippen molar-refractivity contribution in [2.24, 2.45) is 0 Å². The van der Waals surface area contributed by atoms with Gasteiger partial charge in [-0.2, -0.15) is 0 Å². The highest BCUT2D eigenvalue weighted by Crippen LogP contribution is 2.37. The van der Waals surface area contributed by atoms with Crippen molar-refractivity contribution in [3.05, 3.63) is 47.0 Å². The zero-order chi connectivity index (χ0) is 19.4. The van der Waals surface area contributed by atoms with Gasteiger partial charge in [0.15, 0.2) is 16.6 Å². The molecule has 0 aliphatic carbocycles. The van der Waals surface area contributed by atoms with Crippen molar-refractivity contribution in [2.75, 3.05) is 26.6 Å². The Morgan fingerprint density at radius 1 is 1.07 bits per heavy atom. The first-order valence-electron chi connectivity index (χ1n) is 7.90. The van der Waals surface area contributed by atoms with E-state index in [1.807, 2.05) is 6.07 Å². The van der Waals surface area contributed by atoms with Crippen LogP contribution in [0, 0.1) is 0 Å². The Labute approximate surface area is 165 Å². The van der Waals surface area contributed by atoms with E-state index in [1.54, 1.807) is 51.7 Å². The molecule has 1 heterocycles. The summed E-state index contributed by atoms with van der Waals surface area (Å²) in [6.07, 6.45) is 3.10. The minimum absolute atomic E-state index is 0.307. The molecule has 6 nitrogen and oxygen atoms in total. The molecule has 0 saturated carbocycles. The number of methoxy groups -OCH3 is 3. The number of anilines is 1. The zero-order valence-corrected chi connectivity index (χ0v) is 16.5. The van der Waals surface area contributed by atoms with Crippen molar-refractivity contribution in [3.8, 4) is 17.2 Å². The van der Waals surface area contributed by atoms with Gasteiger partial charge >= 0.3 is 0 Å². The Balaban J connectivity index is 1.77. The molecule has 0 spiro atoms. The van der Waals surface area contributed by atoms with E-state index in [-0.39, 0.29) is 5.91 Å². The molecular formula is C19H17ClN2O4S. The van der Waals surface area contributed by atoms with Crippen molar-refractivity contribution >= 4 is 50.3 Å². The Kier molecular flexibility index (Phi) is 5.83. The van der Waals surface area contributed by atoms with Crippen LogP contribution in [0.4, 0.5) is 5.13 Å². The predicted octanol–water partition coefficient (Wildman–Crippen LogP) is 4.63. The van der Waals surface area contributed by atoms with Crippen LogP contribution in [0.25, 0.3) is 16.3 Å². The molecule has 1 aromatic heterocycles. The number of rotatable bonds is 6. The Morgan fingerprint density at radius 3 is 2.48 bits per heavy atom. The van der Waals surface area contributed by atoms with Crippen molar-refractivity contribution < 1.29 is 19.0 Å². The summed E-state index contributed by atoms with van der Waals surface area (Å²) in [4.78, 5) is 16.6. The highest BCUT2D eigenvalue weighted by molar-refractivity contribution is 7.23. The number of carbonyl (C=O) groups is 1. The van der Waals surface area contributed by atoms with E-state index >= 15 is 0 Å². The monoisotopic (exact) mass is 404 g/mol. The van der Waals surface area contributed by atoms with Crippen LogP contribution >= 0.6 is 22.9 Å². The molecule has 3 aromatic rings. The van der Waals surface area contributed by atoms with E-state index in [1.165, 1.54) is 17.4 Å². The number of halogens is 1. The Morgan fingerprint density at radius 2 is 1.78 bits per heavy atom. The van der Waals surface area contributed by atoms with Crippen LogP contribution in [0.3, 0.4) is 0 Å². The fraction of sp³-hybridized carbons (Fsp3) is 0.158. The molecule has 1 amide bonds. The predicted molar refractivity (Wildman–Crippen MR) is 108 cm³/mol. The summed E-state index contributed by atoms with van der Waals surface area (Å²) in [5.74, 6) is 1.51. The number of nitrogens with one attached hydrogen (secondary N) is 1. The molecule has 0 saturated heterocycles. The summed E-state index contributed by atoms with van der Waals surface area (Å²) in [5.41, 5.74) is 1.42. The third-order valence-corrected chi connectivity index (χ3v) is 5.17. The van der Waals surface area contributed by atoms with Crippen LogP contribution in [-0.4, -0.2) is 32.2 Å². The van der Waals surface area contributed by atoms with Crippen LogP contribution in [-0.2, 0) is 4.79 Å². The van der Waals surface area contributed by atoms with E-state index in [4.69, 9.17) is 25.8 Å². The molecule has 0 aliphatic rings. The summed E-state index contributed by atoms with van der Waals surface area (Å²) < 4.78 is 16.5. The largest absolute Gasteiger partial charge is 0.494 e. The standard InChI is InChI=1S/C19H17ClN2O4S/c1-24-13-7-4-11(10-15(13)26-3)5-9-16(23)21-19-22-17-14(25-2)8-6-12(20)18(17)27-19/h4-10H,1-3H3,(H,21,22,23)/b9-5-. The van der Waals surface area contributed by atoms with E-state index < -0.39 is 0 Å². The van der Waals surface area contributed by atoms with Crippen LogP contribution in [0.15, 0.2) is 36.4 Å². The highest BCUT2D eigenvalue weighted by Gasteiger charge is 2.13. The second kappa shape index (κ2) is 8.28. The molecule has 3 rings (SSSR count). The van der Waals surface area contributed by atoms with Gasteiger partial charge in [-0.1, -0.05) is 29.0 Å². The smallest absolute Gasteiger partial charge is 0.250 e. The van der Waals surface area contributed by atoms with Gasteiger partial charge in [0.05, 0.1) is 31.1 Å². The summed E-state index contributed by atoms with van der Waals surface area (Å²) in [5, 5.41) is 3.75. The molecule has 0 bridgehead atoms. The molecule has 0 radical (unpaired) electrons. The number of nitrogens with zero attached hydrogens (tertiary/aromatic N) is 1. The first-order valence-corrected chi connectivity index (χ1v) is 9.09. The van der Waals surface area contributed by atoms with Gasteiger partial charge in [-0.05, 0) is 35.9 Å². The number of aromatic nitrogens is 1. The minimum atomic E-state index is -0.307. The fourth-order valence-electron chi connectivity index (χ4n) is 2.45. The molecule has 0 unspecified atom stereocenters. The number of hydrogen-bond acceptors (Lipinski definition) is 6. The van der Waals surface area contributed by atoms with Gasteiger partial charge in [0.2, 0.25) is 5.91 Å². The van der Waals surface area contributed by atoms with Crippen LogP contribution < -0.4 is 19.5 Å².